The average Bonchev–Trinajstić information content (AvgIpc) is 3.17. The molecule has 1 saturated heterocycles. The Balaban J connectivity index is 1.68. The van der Waals surface area contributed by atoms with Gasteiger partial charge in [-0.15, -0.1) is 0 Å². The van der Waals surface area contributed by atoms with Crippen molar-refractivity contribution in [1.82, 2.24) is 19.5 Å². The number of hydrogen-bond donors (Lipinski definition) is 1. The topological polar surface area (TPSA) is 106 Å². The van der Waals surface area contributed by atoms with Crippen LogP contribution in [-0.2, 0) is 14.8 Å². The number of nitrogens with zero attached hydrogens (tertiary/aromatic N) is 4. The van der Waals surface area contributed by atoms with E-state index in [1.165, 1.54) is 6.42 Å². The minimum Gasteiger partial charge on any atom is -0.384 e. The van der Waals surface area contributed by atoms with E-state index >= 15 is 0 Å². The Morgan fingerprint density at radius 1 is 1.14 bits per heavy atom. The summed E-state index contributed by atoms with van der Waals surface area (Å²) in [6.45, 7) is 2.38. The number of pyridine rings is 1. The lowest BCUT2D eigenvalue weighted by Crippen LogP contribution is -2.36. The number of sulfonamides is 1. The van der Waals surface area contributed by atoms with Gasteiger partial charge in [0.2, 0.25) is 10.0 Å². The van der Waals surface area contributed by atoms with E-state index in [-0.39, 0.29) is 5.69 Å². The number of rotatable bonds is 7. The number of anilines is 1. The minimum atomic E-state index is -3.73. The first-order valence-corrected chi connectivity index (χ1v) is 14.0. The van der Waals surface area contributed by atoms with E-state index in [0.717, 1.165) is 74.1 Å². The standard InChI is InChI=1S/C25H31N5O4S/c1-34-16-17-11-13-29(14-12-17)21-15-20(25(31)28-35(2,32)33)26-24-22(21)23(18-7-6-8-18)27-30(24)19-9-4-3-5-10-19/h3-5,9-10,15,17-18H,6-8,11-14,16H2,1-2H3,(H,28,31). The highest BCUT2D eigenvalue weighted by molar-refractivity contribution is 7.89. The molecule has 2 aliphatic rings. The first-order valence-electron chi connectivity index (χ1n) is 12.1. The number of amides is 1. The van der Waals surface area contributed by atoms with Crippen LogP contribution in [0.15, 0.2) is 36.4 Å². The van der Waals surface area contributed by atoms with Crippen molar-refractivity contribution in [3.63, 3.8) is 0 Å². The third-order valence-corrected chi connectivity index (χ3v) is 7.56. The second kappa shape index (κ2) is 9.58. The van der Waals surface area contributed by atoms with Crippen LogP contribution in [-0.4, -0.2) is 62.2 Å². The summed E-state index contributed by atoms with van der Waals surface area (Å²) < 4.78 is 32.8. The van der Waals surface area contributed by atoms with Crippen LogP contribution in [0, 0.1) is 5.92 Å². The van der Waals surface area contributed by atoms with E-state index in [0.29, 0.717) is 17.5 Å². The molecule has 1 aliphatic carbocycles. The van der Waals surface area contributed by atoms with E-state index < -0.39 is 15.9 Å². The van der Waals surface area contributed by atoms with Crippen molar-refractivity contribution in [2.24, 2.45) is 5.92 Å². The van der Waals surface area contributed by atoms with Gasteiger partial charge >= 0.3 is 0 Å². The molecule has 35 heavy (non-hydrogen) atoms. The smallest absolute Gasteiger partial charge is 0.283 e. The fourth-order valence-corrected chi connectivity index (χ4v) is 5.44. The number of methoxy groups -OCH3 is 1. The molecule has 1 aromatic carbocycles. The number of aromatic nitrogens is 3. The van der Waals surface area contributed by atoms with Crippen molar-refractivity contribution >= 4 is 32.7 Å². The summed E-state index contributed by atoms with van der Waals surface area (Å²) in [6, 6.07) is 11.5. The number of hydrogen-bond acceptors (Lipinski definition) is 7. The molecular formula is C25H31N5O4S. The van der Waals surface area contributed by atoms with Gasteiger partial charge in [0.15, 0.2) is 5.65 Å². The summed E-state index contributed by atoms with van der Waals surface area (Å²) in [6.07, 6.45) is 6.25. The van der Waals surface area contributed by atoms with Gasteiger partial charge < -0.3 is 9.64 Å². The fraction of sp³-hybridized carbons (Fsp3) is 0.480. The number of benzene rings is 1. The molecule has 2 fully saturated rings. The molecule has 0 bridgehead atoms. The maximum Gasteiger partial charge on any atom is 0.283 e. The zero-order chi connectivity index (χ0) is 24.6. The largest absolute Gasteiger partial charge is 0.384 e. The van der Waals surface area contributed by atoms with E-state index in [4.69, 9.17) is 9.84 Å². The summed E-state index contributed by atoms with van der Waals surface area (Å²) in [7, 11) is -2.00. The van der Waals surface area contributed by atoms with Gasteiger partial charge in [-0.2, -0.15) is 5.10 Å². The number of carbonyl (C=O) groups is 1. The van der Waals surface area contributed by atoms with Gasteiger partial charge in [0, 0.05) is 32.7 Å². The molecule has 3 heterocycles. The van der Waals surface area contributed by atoms with Gasteiger partial charge in [0.05, 0.1) is 28.7 Å². The van der Waals surface area contributed by atoms with Gasteiger partial charge in [-0.05, 0) is 49.8 Å². The highest BCUT2D eigenvalue weighted by atomic mass is 32.2. The molecule has 3 aromatic rings. The highest BCUT2D eigenvalue weighted by Crippen LogP contribution is 2.43. The number of nitrogens with one attached hydrogen (secondary N) is 1. The lowest BCUT2D eigenvalue weighted by molar-refractivity contribution is 0.0977. The molecule has 9 nitrogen and oxygen atoms in total. The minimum absolute atomic E-state index is 0.0641. The van der Waals surface area contributed by atoms with Crippen LogP contribution in [0.5, 0.6) is 0 Å². The molecule has 0 radical (unpaired) electrons. The third-order valence-electron chi connectivity index (χ3n) is 7.00. The Bertz CT molecular complexity index is 1330. The van der Waals surface area contributed by atoms with E-state index in [2.05, 4.69) is 14.6 Å². The molecule has 2 aromatic heterocycles. The van der Waals surface area contributed by atoms with Crippen molar-refractivity contribution in [2.45, 2.75) is 38.0 Å². The normalized spacial score (nSPS) is 17.5. The number of para-hydroxylation sites is 1. The van der Waals surface area contributed by atoms with E-state index in [9.17, 15) is 13.2 Å². The van der Waals surface area contributed by atoms with Gasteiger partial charge in [-0.25, -0.2) is 22.8 Å². The van der Waals surface area contributed by atoms with Gasteiger partial charge in [0.25, 0.3) is 5.91 Å². The molecule has 5 rings (SSSR count). The summed E-state index contributed by atoms with van der Waals surface area (Å²) in [5, 5.41) is 5.97. The SMILES string of the molecule is COCC1CCN(c2cc(C(=O)NS(C)(=O)=O)nc3c2c(C2CCC2)nn3-c2ccccc2)CC1. The molecule has 0 unspecified atom stereocenters. The van der Waals surface area contributed by atoms with Crippen molar-refractivity contribution in [3.05, 3.63) is 47.8 Å². The summed E-state index contributed by atoms with van der Waals surface area (Å²) >= 11 is 0. The quantitative estimate of drug-likeness (QED) is 0.534. The molecular weight excluding hydrogens is 466 g/mol. The molecule has 1 aliphatic heterocycles. The van der Waals surface area contributed by atoms with E-state index in [1.807, 2.05) is 30.3 Å². The zero-order valence-electron chi connectivity index (χ0n) is 20.1. The van der Waals surface area contributed by atoms with Crippen LogP contribution >= 0.6 is 0 Å². The molecule has 1 N–H and O–H groups in total. The monoisotopic (exact) mass is 497 g/mol. The van der Waals surface area contributed by atoms with Gasteiger partial charge in [-0.1, -0.05) is 24.6 Å². The summed E-state index contributed by atoms with van der Waals surface area (Å²) in [4.78, 5) is 19.9. The molecule has 10 heteroatoms. The van der Waals surface area contributed by atoms with E-state index in [1.54, 1.807) is 17.9 Å². The molecule has 1 saturated carbocycles. The zero-order valence-corrected chi connectivity index (χ0v) is 20.9. The summed E-state index contributed by atoms with van der Waals surface area (Å²) in [5.74, 6) is 0.111. The van der Waals surface area contributed by atoms with Gasteiger partial charge in [-0.3, -0.25) is 4.79 Å². The maximum absolute atomic E-state index is 12.9. The van der Waals surface area contributed by atoms with Gasteiger partial charge in [0.1, 0.15) is 5.69 Å². The van der Waals surface area contributed by atoms with Crippen LogP contribution in [0.4, 0.5) is 5.69 Å². The first-order chi connectivity index (χ1) is 16.8. The second-order valence-electron chi connectivity index (χ2n) is 9.57. The second-order valence-corrected chi connectivity index (χ2v) is 11.3. The van der Waals surface area contributed by atoms with Crippen LogP contribution in [0.3, 0.4) is 0 Å². The Labute approximate surface area is 205 Å². The molecule has 0 spiro atoms. The molecule has 186 valence electrons. The van der Waals surface area contributed by atoms with Crippen molar-refractivity contribution < 1.29 is 17.9 Å². The third kappa shape index (κ3) is 4.90. The predicted molar refractivity (Wildman–Crippen MR) is 135 cm³/mol. The van der Waals surface area contributed by atoms with Crippen molar-refractivity contribution in [2.75, 3.05) is 38.0 Å². The summed E-state index contributed by atoms with van der Waals surface area (Å²) in [5.41, 5.74) is 3.39. The number of fused-ring (bicyclic) bond motifs is 1. The molecule has 1 amide bonds. The number of piperidine rings is 1. The van der Waals surface area contributed by atoms with Crippen LogP contribution in [0.25, 0.3) is 16.7 Å². The first kappa shape index (κ1) is 23.7. The Morgan fingerprint density at radius 3 is 2.46 bits per heavy atom. The Morgan fingerprint density at radius 2 is 1.86 bits per heavy atom. The highest BCUT2D eigenvalue weighted by Gasteiger charge is 2.31. The maximum atomic E-state index is 12.9. The van der Waals surface area contributed by atoms with Crippen LogP contribution in [0.1, 0.15) is 54.2 Å². The number of carbonyl (C=O) groups excluding carboxylic acids is 1. The molecule has 0 atom stereocenters. The lowest BCUT2D eigenvalue weighted by atomic mass is 9.82. The Kier molecular flexibility index (Phi) is 6.50. The Hall–Kier alpha value is -2.98. The fourth-order valence-electron chi connectivity index (χ4n) is 5.00. The van der Waals surface area contributed by atoms with Crippen molar-refractivity contribution in [3.8, 4) is 5.69 Å². The predicted octanol–water partition coefficient (Wildman–Crippen LogP) is 3.24. The average molecular weight is 498 g/mol. The van der Waals surface area contributed by atoms with Crippen LogP contribution in [0.2, 0.25) is 0 Å². The van der Waals surface area contributed by atoms with Crippen LogP contribution < -0.4 is 9.62 Å². The number of ether oxygens (including phenoxy) is 1. The lowest BCUT2D eigenvalue weighted by Gasteiger charge is -2.34. The van der Waals surface area contributed by atoms with Crippen molar-refractivity contribution in [1.29, 1.82) is 0 Å².